The third-order valence-electron chi connectivity index (χ3n) is 2.17. The van der Waals surface area contributed by atoms with Gasteiger partial charge >= 0.3 is 12.0 Å². The van der Waals surface area contributed by atoms with Crippen LogP contribution < -0.4 is 10.6 Å². The second-order valence-electron chi connectivity index (χ2n) is 4.97. The number of carbonyl (C=O) groups is 3. The zero-order valence-corrected chi connectivity index (χ0v) is 12.5. The van der Waals surface area contributed by atoms with E-state index in [1.807, 2.05) is 13.8 Å². The summed E-state index contributed by atoms with van der Waals surface area (Å²) in [6.07, 6.45) is 0. The molecular weight excluding hydrogens is 268 g/mol. The summed E-state index contributed by atoms with van der Waals surface area (Å²) < 4.78 is 0. The molecule has 19 heavy (non-hydrogen) atoms. The number of nitrogens with one attached hydrogen (secondary N) is 2. The molecule has 110 valence electrons. The van der Waals surface area contributed by atoms with Crippen LogP contribution in [-0.2, 0) is 9.59 Å². The first-order chi connectivity index (χ1) is 8.73. The molecule has 0 radical (unpaired) electrons. The molecule has 7 heteroatoms. The molecule has 3 amide bonds. The van der Waals surface area contributed by atoms with Crippen molar-refractivity contribution in [2.24, 2.45) is 11.8 Å². The molecule has 1 atom stereocenters. The Morgan fingerprint density at radius 1 is 1.16 bits per heavy atom. The van der Waals surface area contributed by atoms with Crippen LogP contribution in [0.15, 0.2) is 0 Å². The van der Waals surface area contributed by atoms with Gasteiger partial charge in [-0.05, 0) is 11.8 Å². The van der Waals surface area contributed by atoms with Gasteiger partial charge in [0.05, 0.1) is 5.75 Å². The Labute approximate surface area is 117 Å². The largest absolute Gasteiger partial charge is 0.480 e. The monoisotopic (exact) mass is 290 g/mol. The summed E-state index contributed by atoms with van der Waals surface area (Å²) >= 11 is 1.02. The van der Waals surface area contributed by atoms with Crippen LogP contribution >= 0.6 is 11.8 Å². The molecule has 0 bridgehead atoms. The molecule has 0 fully saturated rings. The van der Waals surface area contributed by atoms with Crippen molar-refractivity contribution in [3.63, 3.8) is 0 Å². The molecule has 0 saturated heterocycles. The van der Waals surface area contributed by atoms with E-state index in [0.29, 0.717) is 12.5 Å². The van der Waals surface area contributed by atoms with E-state index in [1.54, 1.807) is 13.8 Å². The molecule has 3 N–H and O–H groups in total. The lowest BCUT2D eigenvalue weighted by atomic mass is 10.1. The molecule has 0 heterocycles. The van der Waals surface area contributed by atoms with Gasteiger partial charge in [-0.1, -0.05) is 27.7 Å². The first-order valence-corrected chi connectivity index (χ1v) is 7.21. The number of imide groups is 1. The molecule has 0 aliphatic heterocycles. The van der Waals surface area contributed by atoms with Gasteiger partial charge in [0.1, 0.15) is 5.25 Å². The van der Waals surface area contributed by atoms with E-state index >= 15 is 0 Å². The van der Waals surface area contributed by atoms with Crippen molar-refractivity contribution in [3.8, 4) is 0 Å². The van der Waals surface area contributed by atoms with Crippen molar-refractivity contribution in [3.05, 3.63) is 0 Å². The molecule has 0 aromatic heterocycles. The molecule has 6 nitrogen and oxygen atoms in total. The zero-order chi connectivity index (χ0) is 15.0. The fourth-order valence-corrected chi connectivity index (χ4v) is 2.15. The Morgan fingerprint density at radius 2 is 1.74 bits per heavy atom. The predicted molar refractivity (Wildman–Crippen MR) is 75.1 cm³/mol. The molecule has 1 unspecified atom stereocenters. The second kappa shape index (κ2) is 8.79. The smallest absolute Gasteiger partial charge is 0.321 e. The summed E-state index contributed by atoms with van der Waals surface area (Å²) in [5, 5.41) is 13.0. The first-order valence-electron chi connectivity index (χ1n) is 6.16. The lowest BCUT2D eigenvalue weighted by Crippen LogP contribution is -2.42. The molecule has 0 aromatic rings. The van der Waals surface area contributed by atoms with E-state index in [2.05, 4.69) is 10.6 Å². The predicted octanol–water partition coefficient (Wildman–Crippen LogP) is 1.31. The highest BCUT2D eigenvalue weighted by Crippen LogP contribution is 2.19. The summed E-state index contributed by atoms with van der Waals surface area (Å²) in [6, 6.07) is -0.546. The van der Waals surface area contributed by atoms with Crippen molar-refractivity contribution in [1.29, 1.82) is 0 Å². The average Bonchev–Trinajstić information content (AvgIpc) is 2.25. The van der Waals surface area contributed by atoms with Crippen LogP contribution in [0.25, 0.3) is 0 Å². The average molecular weight is 290 g/mol. The number of rotatable bonds is 7. The van der Waals surface area contributed by atoms with Crippen LogP contribution in [0.5, 0.6) is 0 Å². The topological polar surface area (TPSA) is 95.5 Å². The van der Waals surface area contributed by atoms with Gasteiger partial charge in [-0.3, -0.25) is 14.9 Å². The lowest BCUT2D eigenvalue weighted by molar-refractivity contribution is -0.137. The van der Waals surface area contributed by atoms with E-state index in [4.69, 9.17) is 5.11 Å². The number of amides is 3. The van der Waals surface area contributed by atoms with E-state index in [1.165, 1.54) is 0 Å². The van der Waals surface area contributed by atoms with Crippen molar-refractivity contribution in [1.82, 2.24) is 10.6 Å². The number of thioether (sulfide) groups is 1. The second-order valence-corrected chi connectivity index (χ2v) is 6.10. The number of carbonyl (C=O) groups excluding carboxylic acids is 2. The van der Waals surface area contributed by atoms with Crippen LogP contribution in [-0.4, -0.2) is 40.6 Å². The minimum absolute atomic E-state index is 0.0513. The summed E-state index contributed by atoms with van der Waals surface area (Å²) in [4.78, 5) is 33.7. The quantitative estimate of drug-likeness (QED) is 0.657. The van der Waals surface area contributed by atoms with Crippen molar-refractivity contribution < 1.29 is 19.5 Å². The van der Waals surface area contributed by atoms with Crippen LogP contribution in [0, 0.1) is 11.8 Å². The van der Waals surface area contributed by atoms with Crippen LogP contribution in [0.4, 0.5) is 4.79 Å². The standard InChI is InChI=1S/C12H22N2O4S/c1-7(2)5-13-12(18)14-9(15)6-19-10(8(3)4)11(16)17/h7-8,10H,5-6H2,1-4H3,(H,16,17)(H2,13,14,15,18). The summed E-state index contributed by atoms with van der Waals surface area (Å²) in [7, 11) is 0. The van der Waals surface area contributed by atoms with Crippen molar-refractivity contribution in [2.75, 3.05) is 12.3 Å². The Morgan fingerprint density at radius 3 is 2.16 bits per heavy atom. The summed E-state index contributed by atoms with van der Waals surface area (Å²) in [6.45, 7) is 7.92. The molecule has 0 saturated carbocycles. The third-order valence-corrected chi connectivity index (χ3v) is 3.70. The Hall–Kier alpha value is -1.24. The zero-order valence-electron chi connectivity index (χ0n) is 11.7. The number of hydrogen-bond donors (Lipinski definition) is 3. The normalized spacial score (nSPS) is 12.3. The van der Waals surface area contributed by atoms with E-state index in [-0.39, 0.29) is 11.7 Å². The highest BCUT2D eigenvalue weighted by molar-refractivity contribution is 8.01. The number of urea groups is 1. The molecule has 0 rings (SSSR count). The van der Waals surface area contributed by atoms with Crippen molar-refractivity contribution >= 4 is 29.7 Å². The van der Waals surface area contributed by atoms with E-state index in [0.717, 1.165) is 11.8 Å². The number of carboxylic acid groups (broad SMARTS) is 1. The van der Waals surface area contributed by atoms with Crippen LogP contribution in [0.2, 0.25) is 0 Å². The third kappa shape index (κ3) is 8.47. The lowest BCUT2D eigenvalue weighted by Gasteiger charge is -2.15. The maximum atomic E-state index is 11.5. The Bertz CT molecular complexity index is 332. The van der Waals surface area contributed by atoms with E-state index < -0.39 is 23.2 Å². The number of carboxylic acids is 1. The summed E-state index contributed by atoms with van der Waals surface area (Å²) in [5.74, 6) is -1.27. The number of hydrogen-bond acceptors (Lipinski definition) is 4. The molecule has 0 spiro atoms. The van der Waals surface area contributed by atoms with Crippen LogP contribution in [0.1, 0.15) is 27.7 Å². The van der Waals surface area contributed by atoms with Gasteiger partial charge in [0.25, 0.3) is 0 Å². The minimum atomic E-state index is -0.947. The highest BCUT2D eigenvalue weighted by Gasteiger charge is 2.23. The minimum Gasteiger partial charge on any atom is -0.480 e. The van der Waals surface area contributed by atoms with Gasteiger partial charge in [-0.25, -0.2) is 4.79 Å². The molecule has 0 aliphatic carbocycles. The molecule has 0 aromatic carbocycles. The number of aliphatic carboxylic acids is 1. The van der Waals surface area contributed by atoms with Gasteiger partial charge < -0.3 is 10.4 Å². The summed E-state index contributed by atoms with van der Waals surface area (Å²) in [5.41, 5.74) is 0. The Kier molecular flexibility index (Phi) is 8.22. The van der Waals surface area contributed by atoms with Gasteiger partial charge in [0, 0.05) is 6.54 Å². The fraction of sp³-hybridized carbons (Fsp3) is 0.750. The maximum absolute atomic E-state index is 11.5. The fourth-order valence-electron chi connectivity index (χ4n) is 1.22. The van der Waals surface area contributed by atoms with Crippen molar-refractivity contribution in [2.45, 2.75) is 32.9 Å². The van der Waals surface area contributed by atoms with Gasteiger partial charge in [-0.2, -0.15) is 0 Å². The van der Waals surface area contributed by atoms with E-state index in [9.17, 15) is 14.4 Å². The maximum Gasteiger partial charge on any atom is 0.321 e. The van der Waals surface area contributed by atoms with Gasteiger partial charge in [0.15, 0.2) is 0 Å². The Balaban J connectivity index is 4.04. The molecule has 0 aliphatic rings. The highest BCUT2D eigenvalue weighted by atomic mass is 32.2. The molecular formula is C12H22N2O4S. The van der Waals surface area contributed by atoms with Crippen LogP contribution in [0.3, 0.4) is 0 Å². The SMILES string of the molecule is CC(C)CNC(=O)NC(=O)CSC(C(=O)O)C(C)C. The van der Waals surface area contributed by atoms with Gasteiger partial charge in [-0.15, -0.1) is 11.8 Å². The van der Waals surface area contributed by atoms with Gasteiger partial charge in [0.2, 0.25) is 5.91 Å². The first kappa shape index (κ1) is 17.8.